The molecule has 1 heterocycles. The fourth-order valence-electron chi connectivity index (χ4n) is 1.58. The molecule has 1 nitrogen and oxygen atoms in total. The van der Waals surface area contributed by atoms with Crippen molar-refractivity contribution in [3.63, 3.8) is 0 Å². The molecule has 0 aliphatic carbocycles. The Morgan fingerprint density at radius 1 is 1.43 bits per heavy atom. The van der Waals surface area contributed by atoms with Crippen molar-refractivity contribution >= 4 is 33.0 Å². The van der Waals surface area contributed by atoms with Crippen LogP contribution in [-0.2, 0) is 13.0 Å². The van der Waals surface area contributed by atoms with Gasteiger partial charge in [0.05, 0.1) is 11.6 Å². The predicted octanol–water partition coefficient (Wildman–Crippen LogP) is 3.61. The Kier molecular flexibility index (Phi) is 2.77. The Bertz CT molecular complexity index is 462. The summed E-state index contributed by atoms with van der Waals surface area (Å²) < 4.78 is 1.21. The quantitative estimate of drug-likeness (QED) is 0.830. The molecule has 0 spiro atoms. The minimum absolute atomic E-state index is 0.0291. The molecule has 3 heteroatoms. The SMILES string of the molecule is CCc1cccc2c(Cl)c(CO)sc12. The number of fused-ring (bicyclic) bond motifs is 1. The highest BCUT2D eigenvalue weighted by molar-refractivity contribution is 7.20. The van der Waals surface area contributed by atoms with Crippen LogP contribution < -0.4 is 0 Å². The zero-order chi connectivity index (χ0) is 10.1. The van der Waals surface area contributed by atoms with Crippen LogP contribution in [0.2, 0.25) is 5.02 Å². The zero-order valence-electron chi connectivity index (χ0n) is 7.88. The van der Waals surface area contributed by atoms with E-state index < -0.39 is 0 Å². The summed E-state index contributed by atoms with van der Waals surface area (Å²) in [5.74, 6) is 0. The largest absolute Gasteiger partial charge is 0.391 e. The van der Waals surface area contributed by atoms with E-state index in [-0.39, 0.29) is 6.61 Å². The van der Waals surface area contributed by atoms with E-state index in [4.69, 9.17) is 16.7 Å². The molecule has 1 aromatic heterocycles. The third kappa shape index (κ3) is 1.44. The second-order valence-corrected chi connectivity index (χ2v) is 4.63. The minimum Gasteiger partial charge on any atom is -0.391 e. The first-order valence-corrected chi connectivity index (χ1v) is 5.77. The Morgan fingerprint density at radius 2 is 2.21 bits per heavy atom. The molecule has 2 rings (SSSR count). The summed E-state index contributed by atoms with van der Waals surface area (Å²) in [6.07, 6.45) is 0.999. The van der Waals surface area contributed by atoms with Crippen molar-refractivity contribution < 1.29 is 5.11 Å². The highest BCUT2D eigenvalue weighted by Gasteiger charge is 2.10. The molecule has 0 bridgehead atoms. The lowest BCUT2D eigenvalue weighted by Gasteiger charge is -1.97. The van der Waals surface area contributed by atoms with E-state index in [2.05, 4.69) is 13.0 Å². The number of halogens is 1. The summed E-state index contributed by atoms with van der Waals surface area (Å²) in [7, 11) is 0. The van der Waals surface area contributed by atoms with Gasteiger partial charge in [0.15, 0.2) is 0 Å². The van der Waals surface area contributed by atoms with E-state index in [1.54, 1.807) is 11.3 Å². The molecule has 2 aromatic rings. The van der Waals surface area contributed by atoms with E-state index in [9.17, 15) is 0 Å². The molecule has 74 valence electrons. The van der Waals surface area contributed by atoms with Crippen LogP contribution in [0.1, 0.15) is 17.4 Å². The van der Waals surface area contributed by atoms with Gasteiger partial charge in [0, 0.05) is 15.0 Å². The number of rotatable bonds is 2. The third-order valence-electron chi connectivity index (χ3n) is 2.33. The maximum atomic E-state index is 9.11. The first kappa shape index (κ1) is 9.97. The van der Waals surface area contributed by atoms with E-state index >= 15 is 0 Å². The van der Waals surface area contributed by atoms with Gasteiger partial charge in [-0.05, 0) is 12.0 Å². The van der Waals surface area contributed by atoms with Gasteiger partial charge in [0.25, 0.3) is 0 Å². The zero-order valence-corrected chi connectivity index (χ0v) is 9.45. The second-order valence-electron chi connectivity index (χ2n) is 3.14. The van der Waals surface area contributed by atoms with Gasteiger partial charge in [0.2, 0.25) is 0 Å². The van der Waals surface area contributed by atoms with Crippen molar-refractivity contribution in [2.75, 3.05) is 0 Å². The van der Waals surface area contributed by atoms with E-state index in [1.807, 2.05) is 12.1 Å². The number of benzene rings is 1. The van der Waals surface area contributed by atoms with Crippen LogP contribution in [-0.4, -0.2) is 5.11 Å². The Labute approximate surface area is 91.9 Å². The van der Waals surface area contributed by atoms with Crippen LogP contribution in [0.5, 0.6) is 0 Å². The van der Waals surface area contributed by atoms with Crippen LogP contribution in [0.3, 0.4) is 0 Å². The molecule has 0 fully saturated rings. The summed E-state index contributed by atoms with van der Waals surface area (Å²) in [5.41, 5.74) is 1.30. The normalized spacial score (nSPS) is 11.1. The summed E-state index contributed by atoms with van der Waals surface area (Å²) in [5, 5.41) is 10.9. The first-order valence-electron chi connectivity index (χ1n) is 4.57. The van der Waals surface area contributed by atoms with Gasteiger partial charge < -0.3 is 5.11 Å². The number of aliphatic hydroxyl groups is 1. The molecule has 0 amide bonds. The molecular formula is C11H11ClOS. The number of aliphatic hydroxyl groups excluding tert-OH is 1. The van der Waals surface area contributed by atoms with Crippen LogP contribution in [0.15, 0.2) is 18.2 Å². The molecule has 0 aliphatic rings. The number of hydrogen-bond acceptors (Lipinski definition) is 2. The summed E-state index contributed by atoms with van der Waals surface area (Å²) in [6, 6.07) is 6.13. The van der Waals surface area contributed by atoms with Crippen LogP contribution in [0, 0.1) is 0 Å². The van der Waals surface area contributed by atoms with Gasteiger partial charge in [-0.25, -0.2) is 0 Å². The van der Waals surface area contributed by atoms with Gasteiger partial charge in [-0.2, -0.15) is 0 Å². The van der Waals surface area contributed by atoms with Crippen molar-refractivity contribution in [1.29, 1.82) is 0 Å². The standard InChI is InChI=1S/C11H11ClOS/c1-2-7-4-3-5-8-10(12)9(6-13)14-11(7)8/h3-5,13H,2,6H2,1H3. The lowest BCUT2D eigenvalue weighted by Crippen LogP contribution is -1.77. The lowest BCUT2D eigenvalue weighted by molar-refractivity contribution is 0.285. The molecule has 0 aliphatic heterocycles. The lowest BCUT2D eigenvalue weighted by atomic mass is 10.1. The van der Waals surface area contributed by atoms with Crippen LogP contribution in [0.25, 0.3) is 10.1 Å². The summed E-state index contributed by atoms with van der Waals surface area (Å²) in [4.78, 5) is 0.863. The molecule has 1 aromatic carbocycles. The molecule has 0 unspecified atom stereocenters. The molecule has 0 atom stereocenters. The maximum Gasteiger partial charge on any atom is 0.0789 e. The molecule has 1 N–H and O–H groups in total. The van der Waals surface area contributed by atoms with Crippen molar-refractivity contribution in [2.45, 2.75) is 20.0 Å². The van der Waals surface area contributed by atoms with Gasteiger partial charge in [0.1, 0.15) is 0 Å². The topological polar surface area (TPSA) is 20.2 Å². The smallest absolute Gasteiger partial charge is 0.0789 e. The summed E-state index contributed by atoms with van der Waals surface area (Å²) >= 11 is 7.73. The van der Waals surface area contributed by atoms with Crippen molar-refractivity contribution in [2.24, 2.45) is 0 Å². The van der Waals surface area contributed by atoms with Crippen molar-refractivity contribution in [3.05, 3.63) is 33.7 Å². The Hall–Kier alpha value is -0.570. The van der Waals surface area contributed by atoms with Gasteiger partial charge >= 0.3 is 0 Å². The van der Waals surface area contributed by atoms with E-state index in [0.29, 0.717) is 5.02 Å². The average molecular weight is 227 g/mol. The molecular weight excluding hydrogens is 216 g/mol. The first-order chi connectivity index (χ1) is 6.77. The van der Waals surface area contributed by atoms with Crippen LogP contribution in [0.4, 0.5) is 0 Å². The predicted molar refractivity (Wildman–Crippen MR) is 62.1 cm³/mol. The average Bonchev–Trinajstić information content (AvgIpc) is 2.55. The van der Waals surface area contributed by atoms with Gasteiger partial charge in [-0.1, -0.05) is 36.7 Å². The van der Waals surface area contributed by atoms with E-state index in [1.165, 1.54) is 10.3 Å². The Balaban J connectivity index is 2.77. The van der Waals surface area contributed by atoms with Crippen molar-refractivity contribution in [3.8, 4) is 0 Å². The van der Waals surface area contributed by atoms with Crippen LogP contribution >= 0.6 is 22.9 Å². The molecule has 0 saturated heterocycles. The monoisotopic (exact) mass is 226 g/mol. The van der Waals surface area contributed by atoms with Gasteiger partial charge in [-0.3, -0.25) is 0 Å². The fraction of sp³-hybridized carbons (Fsp3) is 0.273. The molecule has 0 saturated carbocycles. The number of thiophene rings is 1. The molecule has 14 heavy (non-hydrogen) atoms. The minimum atomic E-state index is 0.0291. The fourth-order valence-corrected chi connectivity index (χ4v) is 3.10. The summed E-state index contributed by atoms with van der Waals surface area (Å²) in [6.45, 7) is 2.16. The number of hydrogen-bond donors (Lipinski definition) is 1. The van der Waals surface area contributed by atoms with Gasteiger partial charge in [-0.15, -0.1) is 11.3 Å². The van der Waals surface area contributed by atoms with Crippen molar-refractivity contribution in [1.82, 2.24) is 0 Å². The highest BCUT2D eigenvalue weighted by Crippen LogP contribution is 2.37. The Morgan fingerprint density at radius 3 is 2.86 bits per heavy atom. The second kappa shape index (κ2) is 3.89. The maximum absolute atomic E-state index is 9.11. The number of aryl methyl sites for hydroxylation is 1. The van der Waals surface area contributed by atoms with E-state index in [0.717, 1.165) is 16.7 Å². The third-order valence-corrected chi connectivity index (χ3v) is 4.14. The highest BCUT2D eigenvalue weighted by atomic mass is 35.5. The molecule has 0 radical (unpaired) electrons.